The molecule has 0 aromatic carbocycles. The minimum absolute atomic E-state index is 0.415. The fourth-order valence-corrected chi connectivity index (χ4v) is 4.54. The van der Waals surface area contributed by atoms with Gasteiger partial charge >= 0.3 is 0 Å². The van der Waals surface area contributed by atoms with Crippen molar-refractivity contribution in [2.75, 3.05) is 0 Å². The molecule has 0 spiro atoms. The maximum absolute atomic E-state index is 5.66. The second-order valence-corrected chi connectivity index (χ2v) is 11.1. The zero-order valence-electron chi connectivity index (χ0n) is 4.30. The summed E-state index contributed by atoms with van der Waals surface area (Å²) in [5.74, 6) is 0. The summed E-state index contributed by atoms with van der Waals surface area (Å²) in [6.07, 6.45) is 0. The van der Waals surface area contributed by atoms with Crippen LogP contribution in [0, 0.1) is 0 Å². The molecule has 0 fully saturated rings. The van der Waals surface area contributed by atoms with Gasteiger partial charge in [0.25, 0.3) is 6.69 Å². The Morgan fingerprint density at radius 2 is 1.75 bits per heavy atom. The summed E-state index contributed by atoms with van der Waals surface area (Å²) in [7, 11) is 0. The molecule has 0 radical (unpaired) electrons. The number of rotatable bonds is 2. The summed E-state index contributed by atoms with van der Waals surface area (Å²) in [6.45, 7) is -0.254. The average molecular weight is 212 g/mol. The van der Waals surface area contributed by atoms with E-state index in [4.69, 9.17) is 45.4 Å². The first-order chi connectivity index (χ1) is 3.42. The normalized spacial score (nSPS) is 12.8. The van der Waals surface area contributed by atoms with E-state index < -0.39 is 11.5 Å². The van der Waals surface area contributed by atoms with Gasteiger partial charge in [0.1, 0.15) is 4.84 Å². The lowest BCUT2D eigenvalue weighted by Crippen LogP contribution is -2.15. The molecule has 0 aromatic rings. The van der Waals surface area contributed by atoms with E-state index in [2.05, 4.69) is 0 Å². The molecule has 0 atom stereocenters. The van der Waals surface area contributed by atoms with Gasteiger partial charge in [0.05, 0.1) is 0 Å². The lowest BCUT2D eigenvalue weighted by Gasteiger charge is -2.08. The molecule has 8 heavy (non-hydrogen) atoms. The predicted molar refractivity (Wildman–Crippen MR) is 43.6 cm³/mol. The highest BCUT2D eigenvalue weighted by molar-refractivity contribution is 7.45. The van der Waals surface area contributed by atoms with Gasteiger partial charge in [-0.15, -0.1) is 45.4 Å². The van der Waals surface area contributed by atoms with Crippen LogP contribution in [0.15, 0.2) is 0 Å². The summed E-state index contributed by atoms with van der Waals surface area (Å²) in [6, 6.07) is 0.527. The molecule has 5 heteroatoms. The smallest absolute Gasteiger partial charge is 0.146 e. The molecule has 0 aliphatic heterocycles. The van der Waals surface area contributed by atoms with E-state index in [-0.39, 0.29) is 0 Å². The average Bonchev–Trinajstić information content (AvgIpc) is 1.21. The molecular formula is C3H6Cl4Si. The van der Waals surface area contributed by atoms with Crippen LogP contribution in [0.25, 0.3) is 0 Å². The van der Waals surface area contributed by atoms with Gasteiger partial charge in [-0.1, -0.05) is 0 Å². The maximum Gasteiger partial charge on any atom is 0.251 e. The van der Waals surface area contributed by atoms with E-state index in [1.54, 1.807) is 6.55 Å². The fraction of sp³-hybridized carbons (Fsp3) is 1.00. The van der Waals surface area contributed by atoms with Crippen LogP contribution in [0.1, 0.15) is 0 Å². The van der Waals surface area contributed by atoms with Gasteiger partial charge in [-0.25, -0.2) is 0 Å². The molecule has 50 valence electrons. The molecule has 0 saturated carbocycles. The van der Waals surface area contributed by atoms with Crippen molar-refractivity contribution in [3.05, 3.63) is 0 Å². The molecule has 0 aromatic heterocycles. The third-order valence-corrected chi connectivity index (χ3v) is 3.39. The van der Waals surface area contributed by atoms with Gasteiger partial charge in [0.15, 0.2) is 0 Å². The zero-order valence-corrected chi connectivity index (χ0v) is 8.32. The van der Waals surface area contributed by atoms with E-state index in [0.29, 0.717) is 6.04 Å². The standard InChI is InChI=1S/C3H6Cl4Si/c1-8(6,7)2-3(4)5/h3H,2H2,1H3. The van der Waals surface area contributed by atoms with Crippen LogP contribution in [0.4, 0.5) is 0 Å². The molecule has 0 nitrogen and oxygen atoms in total. The van der Waals surface area contributed by atoms with Crippen LogP contribution in [0.2, 0.25) is 12.6 Å². The SMILES string of the molecule is C[Si](Cl)(Cl)CC(Cl)Cl. The fourth-order valence-electron chi connectivity index (χ4n) is 0.271. The topological polar surface area (TPSA) is 0 Å². The Bertz CT molecular complexity index is 66.2. The summed E-state index contributed by atoms with van der Waals surface area (Å²) in [4.78, 5) is -0.415. The van der Waals surface area contributed by atoms with Crippen molar-refractivity contribution in [2.45, 2.75) is 17.4 Å². The summed E-state index contributed by atoms with van der Waals surface area (Å²) in [5.41, 5.74) is 0. The van der Waals surface area contributed by atoms with E-state index in [1.807, 2.05) is 0 Å². The number of alkyl halides is 2. The lowest BCUT2D eigenvalue weighted by atomic mass is 10.9. The number of hydrogen-bond donors (Lipinski definition) is 0. The summed E-state index contributed by atoms with van der Waals surface area (Å²) < 4.78 is 0. The Labute approximate surface area is 69.5 Å². The maximum atomic E-state index is 5.66. The molecular weight excluding hydrogens is 206 g/mol. The van der Waals surface area contributed by atoms with E-state index in [0.717, 1.165) is 0 Å². The van der Waals surface area contributed by atoms with Crippen molar-refractivity contribution in [2.24, 2.45) is 0 Å². The molecule has 0 unspecified atom stereocenters. The van der Waals surface area contributed by atoms with Crippen molar-refractivity contribution in [1.29, 1.82) is 0 Å². The molecule has 0 N–H and O–H groups in total. The van der Waals surface area contributed by atoms with E-state index in [9.17, 15) is 0 Å². The molecule has 0 aliphatic rings. The van der Waals surface area contributed by atoms with Gasteiger partial charge in [0, 0.05) is 0 Å². The molecule has 0 amide bonds. The van der Waals surface area contributed by atoms with Crippen LogP contribution in [-0.2, 0) is 0 Å². The van der Waals surface area contributed by atoms with E-state index >= 15 is 0 Å². The van der Waals surface area contributed by atoms with Gasteiger partial charge < -0.3 is 0 Å². The summed E-state index contributed by atoms with van der Waals surface area (Å²) >= 11 is 22.1. The Morgan fingerprint density at radius 1 is 1.38 bits per heavy atom. The zero-order chi connectivity index (χ0) is 6.78. The van der Waals surface area contributed by atoms with Crippen molar-refractivity contribution >= 4 is 52.1 Å². The van der Waals surface area contributed by atoms with Crippen LogP contribution in [0.3, 0.4) is 0 Å². The van der Waals surface area contributed by atoms with Gasteiger partial charge in [0.2, 0.25) is 0 Å². The lowest BCUT2D eigenvalue weighted by molar-refractivity contribution is 1.34. The molecule has 0 heterocycles. The Kier molecular flexibility index (Phi) is 4.13. The monoisotopic (exact) mass is 210 g/mol. The van der Waals surface area contributed by atoms with Crippen LogP contribution < -0.4 is 0 Å². The van der Waals surface area contributed by atoms with Crippen LogP contribution in [-0.4, -0.2) is 11.5 Å². The second kappa shape index (κ2) is 3.52. The largest absolute Gasteiger partial charge is 0.251 e. The predicted octanol–water partition coefficient (Wildman–Crippen LogP) is 3.34. The van der Waals surface area contributed by atoms with Gasteiger partial charge in [-0.3, -0.25) is 0 Å². The molecule has 0 saturated heterocycles. The minimum Gasteiger partial charge on any atom is -0.146 e. The van der Waals surface area contributed by atoms with Crippen molar-refractivity contribution in [3.63, 3.8) is 0 Å². The highest BCUT2D eigenvalue weighted by atomic mass is 35.7. The van der Waals surface area contributed by atoms with Gasteiger partial charge in [-0.2, -0.15) is 0 Å². The second-order valence-electron chi connectivity index (χ2n) is 1.67. The first-order valence-electron chi connectivity index (χ1n) is 2.08. The first kappa shape index (κ1) is 9.38. The van der Waals surface area contributed by atoms with Crippen molar-refractivity contribution in [1.82, 2.24) is 0 Å². The van der Waals surface area contributed by atoms with E-state index in [1.165, 1.54) is 0 Å². The Hall–Kier alpha value is 1.38. The molecule has 0 rings (SSSR count). The number of halogens is 4. The third kappa shape index (κ3) is 7.38. The first-order valence-corrected chi connectivity index (χ1v) is 7.68. The van der Waals surface area contributed by atoms with Crippen molar-refractivity contribution in [3.8, 4) is 0 Å². The van der Waals surface area contributed by atoms with Crippen LogP contribution in [0.5, 0.6) is 0 Å². The Morgan fingerprint density at radius 3 is 1.75 bits per heavy atom. The summed E-state index contributed by atoms with van der Waals surface area (Å²) in [5, 5.41) is 0. The third-order valence-electron chi connectivity index (χ3n) is 0.513. The van der Waals surface area contributed by atoms with Crippen molar-refractivity contribution < 1.29 is 0 Å². The molecule has 0 aliphatic carbocycles. The quantitative estimate of drug-likeness (QED) is 0.374. The number of hydrogen-bond acceptors (Lipinski definition) is 0. The van der Waals surface area contributed by atoms with Gasteiger partial charge in [-0.05, 0) is 12.6 Å². The highest BCUT2D eigenvalue weighted by Gasteiger charge is 2.23. The Balaban J connectivity index is 3.39. The van der Waals surface area contributed by atoms with Crippen LogP contribution >= 0.6 is 45.4 Å². The minimum atomic E-state index is -2.04. The molecule has 0 bridgehead atoms. The highest BCUT2D eigenvalue weighted by Crippen LogP contribution is 2.25.